The molecule has 2 heterocycles. The maximum Gasteiger partial charge on any atom is 0.305 e. The van der Waals surface area contributed by atoms with Gasteiger partial charge in [0.1, 0.15) is 0 Å². The van der Waals surface area contributed by atoms with E-state index in [-0.39, 0.29) is 12.5 Å². The SMILES string of the molecule is COc1nsc(OC)c1CN1c2ccccc2CC1CC(=O)O. The summed E-state index contributed by atoms with van der Waals surface area (Å²) in [6.45, 7) is 0.512. The minimum atomic E-state index is -0.796. The fourth-order valence-corrected chi connectivity index (χ4v) is 3.71. The Morgan fingerprint density at radius 2 is 2.17 bits per heavy atom. The van der Waals surface area contributed by atoms with Gasteiger partial charge in [-0.15, -0.1) is 0 Å². The molecule has 0 amide bonds. The topological polar surface area (TPSA) is 71.9 Å². The van der Waals surface area contributed by atoms with E-state index in [1.165, 1.54) is 17.1 Å². The van der Waals surface area contributed by atoms with E-state index in [0.717, 1.165) is 17.7 Å². The van der Waals surface area contributed by atoms with Crippen molar-refractivity contribution in [3.8, 4) is 10.9 Å². The number of benzene rings is 1. The van der Waals surface area contributed by atoms with Gasteiger partial charge in [0.05, 0.1) is 32.7 Å². The highest BCUT2D eigenvalue weighted by Gasteiger charge is 2.32. The first kappa shape index (κ1) is 15.6. The van der Waals surface area contributed by atoms with Gasteiger partial charge in [-0.05, 0) is 18.1 Å². The Bertz CT molecular complexity index is 694. The van der Waals surface area contributed by atoms with Crippen molar-refractivity contribution >= 4 is 23.2 Å². The summed E-state index contributed by atoms with van der Waals surface area (Å²) in [7, 11) is 3.17. The molecule has 0 aliphatic carbocycles. The highest BCUT2D eigenvalue weighted by atomic mass is 32.1. The second kappa shape index (κ2) is 6.45. The van der Waals surface area contributed by atoms with E-state index < -0.39 is 5.97 Å². The van der Waals surface area contributed by atoms with Gasteiger partial charge in [0.15, 0.2) is 0 Å². The quantitative estimate of drug-likeness (QED) is 0.875. The first-order valence-electron chi connectivity index (χ1n) is 7.27. The van der Waals surface area contributed by atoms with E-state index >= 15 is 0 Å². The predicted molar refractivity (Wildman–Crippen MR) is 87.6 cm³/mol. The molecule has 7 heteroatoms. The zero-order valence-electron chi connectivity index (χ0n) is 13.0. The smallest absolute Gasteiger partial charge is 0.305 e. The Balaban J connectivity index is 1.95. The van der Waals surface area contributed by atoms with E-state index in [4.69, 9.17) is 9.47 Å². The van der Waals surface area contributed by atoms with Gasteiger partial charge in [-0.2, -0.15) is 4.37 Å². The number of hydrogen-bond acceptors (Lipinski definition) is 6. The standard InChI is InChI=1S/C16H18N2O4S/c1-21-15-12(16(22-2)23-17-15)9-18-11(8-14(19)20)7-10-5-3-4-6-13(10)18/h3-6,11H,7-9H2,1-2H3,(H,19,20). The second-order valence-corrected chi connectivity index (χ2v) is 6.11. The molecule has 1 aliphatic rings. The number of ether oxygens (including phenoxy) is 2. The van der Waals surface area contributed by atoms with E-state index in [1.54, 1.807) is 14.2 Å². The van der Waals surface area contributed by atoms with Crippen molar-refractivity contribution in [3.05, 3.63) is 35.4 Å². The summed E-state index contributed by atoms with van der Waals surface area (Å²) < 4.78 is 14.9. The molecule has 0 saturated carbocycles. The number of methoxy groups -OCH3 is 2. The monoisotopic (exact) mass is 334 g/mol. The predicted octanol–water partition coefficient (Wildman–Crippen LogP) is 2.57. The van der Waals surface area contributed by atoms with Gasteiger partial charge < -0.3 is 19.5 Å². The highest BCUT2D eigenvalue weighted by molar-refractivity contribution is 7.08. The summed E-state index contributed by atoms with van der Waals surface area (Å²) in [6, 6.07) is 7.93. The molecule has 0 saturated heterocycles. The molecule has 1 N–H and O–H groups in total. The van der Waals surface area contributed by atoms with Crippen LogP contribution in [0.4, 0.5) is 5.69 Å². The molecule has 0 bridgehead atoms. The number of anilines is 1. The molecule has 1 aliphatic heterocycles. The lowest BCUT2D eigenvalue weighted by Crippen LogP contribution is -2.33. The zero-order valence-corrected chi connectivity index (χ0v) is 13.8. The van der Waals surface area contributed by atoms with Gasteiger partial charge in [0.25, 0.3) is 0 Å². The first-order chi connectivity index (χ1) is 11.1. The van der Waals surface area contributed by atoms with Crippen molar-refractivity contribution < 1.29 is 19.4 Å². The van der Waals surface area contributed by atoms with Gasteiger partial charge in [0.2, 0.25) is 10.9 Å². The summed E-state index contributed by atoms with van der Waals surface area (Å²) in [5.74, 6) is -0.263. The third-order valence-corrected chi connectivity index (χ3v) is 4.87. The third kappa shape index (κ3) is 2.96. The summed E-state index contributed by atoms with van der Waals surface area (Å²) in [5.41, 5.74) is 3.08. The highest BCUT2D eigenvalue weighted by Crippen LogP contribution is 2.39. The molecular weight excluding hydrogens is 316 g/mol. The molecular formula is C16H18N2O4S. The summed E-state index contributed by atoms with van der Waals surface area (Å²) in [6.07, 6.45) is 0.821. The number of rotatable bonds is 6. The largest absolute Gasteiger partial charge is 0.486 e. The van der Waals surface area contributed by atoms with Gasteiger partial charge in [0, 0.05) is 23.3 Å². The number of aromatic nitrogens is 1. The molecule has 2 aromatic rings. The van der Waals surface area contributed by atoms with E-state index in [2.05, 4.69) is 9.27 Å². The lowest BCUT2D eigenvalue weighted by atomic mass is 10.1. The Morgan fingerprint density at radius 1 is 1.39 bits per heavy atom. The molecule has 1 aromatic heterocycles. The van der Waals surface area contributed by atoms with Gasteiger partial charge in [-0.25, -0.2) is 0 Å². The summed E-state index contributed by atoms with van der Waals surface area (Å²) in [4.78, 5) is 13.3. The second-order valence-electron chi connectivity index (χ2n) is 5.37. The van der Waals surface area contributed by atoms with Gasteiger partial charge in [-0.3, -0.25) is 4.79 Å². The number of carbonyl (C=O) groups is 1. The van der Waals surface area contributed by atoms with Crippen LogP contribution in [0.25, 0.3) is 0 Å². The molecule has 6 nitrogen and oxygen atoms in total. The molecule has 1 unspecified atom stereocenters. The molecule has 0 spiro atoms. The van der Waals surface area contributed by atoms with E-state index in [1.807, 2.05) is 24.3 Å². The number of aliphatic carboxylic acids is 1. The fraction of sp³-hybridized carbons (Fsp3) is 0.375. The minimum absolute atomic E-state index is 0.0841. The molecule has 3 rings (SSSR count). The van der Waals surface area contributed by atoms with E-state index in [9.17, 15) is 9.90 Å². The van der Waals surface area contributed by atoms with Crippen LogP contribution in [0.3, 0.4) is 0 Å². The Labute approximate surface area is 138 Å². The molecule has 0 radical (unpaired) electrons. The van der Waals surface area contributed by atoms with Crippen LogP contribution in [-0.4, -0.2) is 35.7 Å². The van der Waals surface area contributed by atoms with Crippen molar-refractivity contribution in [2.45, 2.75) is 25.4 Å². The Morgan fingerprint density at radius 3 is 2.87 bits per heavy atom. The lowest BCUT2D eigenvalue weighted by molar-refractivity contribution is -0.137. The van der Waals surface area contributed by atoms with Gasteiger partial charge >= 0.3 is 5.97 Å². The maximum atomic E-state index is 11.2. The number of para-hydroxylation sites is 1. The van der Waals surface area contributed by atoms with Crippen molar-refractivity contribution in [1.82, 2.24) is 4.37 Å². The van der Waals surface area contributed by atoms with Crippen LogP contribution >= 0.6 is 11.5 Å². The fourth-order valence-electron chi connectivity index (χ4n) is 3.03. The molecule has 122 valence electrons. The maximum absolute atomic E-state index is 11.2. The minimum Gasteiger partial charge on any atom is -0.486 e. The zero-order chi connectivity index (χ0) is 16.4. The third-order valence-electron chi connectivity index (χ3n) is 4.03. The van der Waals surface area contributed by atoms with Crippen LogP contribution in [0.1, 0.15) is 17.5 Å². The number of fused-ring (bicyclic) bond motifs is 1. The van der Waals surface area contributed by atoms with Crippen molar-refractivity contribution in [2.24, 2.45) is 0 Å². The van der Waals surface area contributed by atoms with Crippen LogP contribution in [-0.2, 0) is 17.8 Å². The van der Waals surface area contributed by atoms with Crippen LogP contribution in [0.2, 0.25) is 0 Å². The normalized spacial score (nSPS) is 16.3. The molecule has 23 heavy (non-hydrogen) atoms. The summed E-state index contributed by atoms with van der Waals surface area (Å²) in [5, 5.41) is 9.91. The van der Waals surface area contributed by atoms with Crippen LogP contribution < -0.4 is 14.4 Å². The lowest BCUT2D eigenvalue weighted by Gasteiger charge is -2.26. The molecule has 1 aromatic carbocycles. The van der Waals surface area contributed by atoms with Crippen molar-refractivity contribution in [2.75, 3.05) is 19.1 Å². The van der Waals surface area contributed by atoms with Crippen LogP contribution in [0, 0.1) is 0 Å². The average molecular weight is 334 g/mol. The molecule has 1 atom stereocenters. The Kier molecular flexibility index (Phi) is 4.38. The van der Waals surface area contributed by atoms with Gasteiger partial charge in [-0.1, -0.05) is 18.2 Å². The Hall–Kier alpha value is -2.28. The number of carboxylic acids is 1. The number of nitrogens with zero attached hydrogens (tertiary/aromatic N) is 2. The average Bonchev–Trinajstić information content (AvgIpc) is 3.08. The van der Waals surface area contributed by atoms with Crippen molar-refractivity contribution in [3.63, 3.8) is 0 Å². The summed E-state index contributed by atoms with van der Waals surface area (Å²) >= 11 is 1.24. The molecule has 0 fully saturated rings. The number of carboxylic acid groups (broad SMARTS) is 1. The number of hydrogen-bond donors (Lipinski definition) is 1. The van der Waals surface area contributed by atoms with Crippen LogP contribution in [0.5, 0.6) is 10.9 Å². The van der Waals surface area contributed by atoms with E-state index in [0.29, 0.717) is 17.5 Å². The van der Waals surface area contributed by atoms with Crippen LogP contribution in [0.15, 0.2) is 24.3 Å². The first-order valence-corrected chi connectivity index (χ1v) is 8.04. The van der Waals surface area contributed by atoms with Crippen molar-refractivity contribution in [1.29, 1.82) is 0 Å².